The van der Waals surface area contributed by atoms with Gasteiger partial charge < -0.3 is 31.2 Å². The lowest BCUT2D eigenvalue weighted by Gasteiger charge is -2.29. The van der Waals surface area contributed by atoms with Crippen LogP contribution in [0.3, 0.4) is 0 Å². The molecule has 0 aromatic heterocycles. The standard InChI is InChI=1S/C20H27ClN4O6/c1-10-13(5-6-14(21)17(10)22)18(29)23-11(2)20(31)25-7-3-4-15(25)19(30)24-12(9-26)8-16(27)28/h5-6,9-13,15H,3-4,7-8,22H2,1-2H3,(H,23,29)(H,24,30)(H,27,28)/t10?,11-,12-,13?,15-/m0/s1. The van der Waals surface area contributed by atoms with Crippen LogP contribution in [0.25, 0.3) is 0 Å². The number of nitrogens with one attached hydrogen (secondary N) is 2. The van der Waals surface area contributed by atoms with Crippen molar-refractivity contribution in [3.8, 4) is 0 Å². The van der Waals surface area contributed by atoms with E-state index in [-0.39, 0.29) is 11.8 Å². The summed E-state index contributed by atoms with van der Waals surface area (Å²) >= 11 is 5.98. The molecular weight excluding hydrogens is 428 g/mol. The van der Waals surface area contributed by atoms with E-state index in [0.29, 0.717) is 36.4 Å². The SMILES string of the molecule is CC1C(N)=C(Cl)C=CC1C(=O)N[C@@H](C)C(=O)N1CCC[C@H]1C(=O)N[C@H](C=O)CC(=O)O. The number of nitrogens with zero attached hydrogens (tertiary/aromatic N) is 1. The lowest BCUT2D eigenvalue weighted by molar-refractivity contribution is -0.142. The number of rotatable bonds is 8. The van der Waals surface area contributed by atoms with Gasteiger partial charge in [0.05, 0.1) is 23.4 Å². The highest BCUT2D eigenvalue weighted by molar-refractivity contribution is 6.31. The van der Waals surface area contributed by atoms with Crippen molar-refractivity contribution in [1.82, 2.24) is 15.5 Å². The van der Waals surface area contributed by atoms with Crippen molar-refractivity contribution < 1.29 is 29.1 Å². The van der Waals surface area contributed by atoms with Crippen LogP contribution in [0.5, 0.6) is 0 Å². The number of carboxylic acid groups (broad SMARTS) is 1. The Morgan fingerprint density at radius 3 is 2.61 bits per heavy atom. The zero-order chi connectivity index (χ0) is 23.3. The van der Waals surface area contributed by atoms with E-state index in [1.165, 1.54) is 11.8 Å². The molecule has 1 saturated heterocycles. The van der Waals surface area contributed by atoms with Crippen molar-refractivity contribution in [2.24, 2.45) is 17.6 Å². The highest BCUT2D eigenvalue weighted by atomic mass is 35.5. The minimum atomic E-state index is -1.23. The Hall–Kier alpha value is -2.88. The molecule has 31 heavy (non-hydrogen) atoms. The van der Waals surface area contributed by atoms with Crippen LogP contribution < -0.4 is 16.4 Å². The van der Waals surface area contributed by atoms with Gasteiger partial charge in [0.15, 0.2) is 0 Å². The maximum atomic E-state index is 12.9. The smallest absolute Gasteiger partial charge is 0.305 e. The molecule has 170 valence electrons. The van der Waals surface area contributed by atoms with Gasteiger partial charge in [-0.05, 0) is 25.8 Å². The fraction of sp³-hybridized carbons (Fsp3) is 0.550. The summed E-state index contributed by atoms with van der Waals surface area (Å²) in [5.41, 5.74) is 6.30. The van der Waals surface area contributed by atoms with Crippen LogP contribution in [0.4, 0.5) is 0 Å². The van der Waals surface area contributed by atoms with Gasteiger partial charge in [0.25, 0.3) is 0 Å². The molecule has 0 radical (unpaired) electrons. The zero-order valence-electron chi connectivity index (χ0n) is 17.3. The number of aldehydes is 1. The van der Waals surface area contributed by atoms with E-state index in [4.69, 9.17) is 22.4 Å². The summed E-state index contributed by atoms with van der Waals surface area (Å²) in [5.74, 6) is -3.57. The van der Waals surface area contributed by atoms with Crippen LogP contribution >= 0.6 is 11.6 Å². The molecule has 0 saturated carbocycles. The van der Waals surface area contributed by atoms with E-state index in [1.54, 1.807) is 19.1 Å². The van der Waals surface area contributed by atoms with Gasteiger partial charge in [-0.2, -0.15) is 0 Å². The summed E-state index contributed by atoms with van der Waals surface area (Å²) in [7, 11) is 0. The second kappa shape index (κ2) is 10.4. The van der Waals surface area contributed by atoms with Crippen molar-refractivity contribution >= 4 is 41.6 Å². The van der Waals surface area contributed by atoms with E-state index >= 15 is 0 Å². The van der Waals surface area contributed by atoms with Gasteiger partial charge in [-0.3, -0.25) is 19.2 Å². The number of hydrogen-bond acceptors (Lipinski definition) is 6. The molecular formula is C20H27ClN4O6. The van der Waals surface area contributed by atoms with Crippen LogP contribution in [0.15, 0.2) is 22.9 Å². The van der Waals surface area contributed by atoms with Crippen LogP contribution in [0.1, 0.15) is 33.1 Å². The molecule has 0 spiro atoms. The molecule has 5 atom stereocenters. The first-order chi connectivity index (χ1) is 14.6. The monoisotopic (exact) mass is 454 g/mol. The number of carboxylic acids is 1. The van der Waals surface area contributed by atoms with Crippen LogP contribution in [-0.2, 0) is 24.0 Å². The molecule has 2 aliphatic rings. The Balaban J connectivity index is 2.00. The number of aliphatic carboxylic acids is 1. The summed E-state index contributed by atoms with van der Waals surface area (Å²) in [4.78, 5) is 61.3. The normalized spacial score (nSPS) is 25.0. The third-order valence-electron chi connectivity index (χ3n) is 5.51. The molecule has 5 N–H and O–H groups in total. The van der Waals surface area contributed by atoms with Crippen LogP contribution in [0.2, 0.25) is 0 Å². The Labute approximate surface area is 184 Å². The van der Waals surface area contributed by atoms with E-state index < -0.39 is 48.2 Å². The molecule has 0 bridgehead atoms. The van der Waals surface area contributed by atoms with Gasteiger partial charge in [-0.25, -0.2) is 0 Å². The minimum Gasteiger partial charge on any atom is -0.481 e. The number of likely N-dealkylation sites (tertiary alicyclic amines) is 1. The lowest BCUT2D eigenvalue weighted by Crippen LogP contribution is -2.54. The summed E-state index contributed by atoms with van der Waals surface area (Å²) in [6.45, 7) is 3.60. The average Bonchev–Trinajstić information content (AvgIpc) is 3.20. The Kier molecular flexibility index (Phi) is 8.21. The average molecular weight is 455 g/mol. The van der Waals surface area contributed by atoms with Crippen molar-refractivity contribution in [3.05, 3.63) is 22.9 Å². The third-order valence-corrected chi connectivity index (χ3v) is 5.86. The Morgan fingerprint density at radius 1 is 1.32 bits per heavy atom. The van der Waals surface area contributed by atoms with E-state index in [2.05, 4.69) is 10.6 Å². The van der Waals surface area contributed by atoms with E-state index in [9.17, 15) is 24.0 Å². The highest BCUT2D eigenvalue weighted by Crippen LogP contribution is 2.29. The first-order valence-electron chi connectivity index (χ1n) is 9.98. The molecule has 1 heterocycles. The fourth-order valence-corrected chi connectivity index (χ4v) is 3.94. The molecule has 3 amide bonds. The van der Waals surface area contributed by atoms with Crippen molar-refractivity contribution in [2.45, 2.75) is 51.2 Å². The van der Waals surface area contributed by atoms with Crippen molar-refractivity contribution in [3.63, 3.8) is 0 Å². The minimum absolute atomic E-state index is 0.312. The van der Waals surface area contributed by atoms with Crippen molar-refractivity contribution in [2.75, 3.05) is 6.54 Å². The lowest BCUT2D eigenvalue weighted by atomic mass is 9.86. The predicted octanol–water partition coefficient (Wildman–Crippen LogP) is -0.128. The Morgan fingerprint density at radius 2 is 2.00 bits per heavy atom. The number of allylic oxidation sites excluding steroid dienone is 3. The highest BCUT2D eigenvalue weighted by Gasteiger charge is 2.38. The van der Waals surface area contributed by atoms with Gasteiger partial charge >= 0.3 is 5.97 Å². The summed E-state index contributed by atoms with van der Waals surface area (Å²) in [5, 5.41) is 14.2. The quantitative estimate of drug-likeness (QED) is 0.372. The summed E-state index contributed by atoms with van der Waals surface area (Å²) in [6.07, 6.45) is 3.92. The number of amides is 3. The predicted molar refractivity (Wildman–Crippen MR) is 111 cm³/mol. The number of nitrogens with two attached hydrogens (primary N) is 1. The maximum Gasteiger partial charge on any atom is 0.305 e. The molecule has 1 fully saturated rings. The molecule has 2 unspecified atom stereocenters. The molecule has 1 aliphatic heterocycles. The Bertz CT molecular complexity index is 826. The van der Waals surface area contributed by atoms with Gasteiger partial charge in [0.2, 0.25) is 17.7 Å². The topological polar surface area (TPSA) is 159 Å². The number of halogens is 1. The molecule has 2 rings (SSSR count). The summed E-state index contributed by atoms with van der Waals surface area (Å²) in [6, 6.07) is -2.91. The third kappa shape index (κ3) is 5.84. The molecule has 11 heteroatoms. The largest absolute Gasteiger partial charge is 0.481 e. The zero-order valence-corrected chi connectivity index (χ0v) is 18.1. The van der Waals surface area contributed by atoms with Crippen LogP contribution in [0, 0.1) is 11.8 Å². The number of hydrogen-bond donors (Lipinski definition) is 4. The molecule has 1 aliphatic carbocycles. The van der Waals surface area contributed by atoms with Gasteiger partial charge in [-0.1, -0.05) is 24.6 Å². The van der Waals surface area contributed by atoms with Gasteiger partial charge in [-0.15, -0.1) is 0 Å². The fourth-order valence-electron chi connectivity index (χ4n) is 3.70. The van der Waals surface area contributed by atoms with E-state index in [1.807, 2.05) is 0 Å². The number of carbonyl (C=O) groups is 5. The first kappa shape index (κ1) is 24.4. The van der Waals surface area contributed by atoms with Gasteiger partial charge in [0, 0.05) is 18.2 Å². The first-order valence-corrected chi connectivity index (χ1v) is 10.4. The molecule has 10 nitrogen and oxygen atoms in total. The van der Waals surface area contributed by atoms with Crippen LogP contribution in [-0.4, -0.2) is 64.7 Å². The number of carbonyl (C=O) groups excluding carboxylic acids is 4. The molecule has 0 aromatic rings. The maximum absolute atomic E-state index is 12.9. The molecule has 0 aromatic carbocycles. The van der Waals surface area contributed by atoms with E-state index in [0.717, 1.165) is 0 Å². The second-order valence-corrected chi connectivity index (χ2v) is 8.15. The van der Waals surface area contributed by atoms with Crippen molar-refractivity contribution in [1.29, 1.82) is 0 Å². The van der Waals surface area contributed by atoms with Gasteiger partial charge in [0.1, 0.15) is 18.4 Å². The summed E-state index contributed by atoms with van der Waals surface area (Å²) < 4.78 is 0. The second-order valence-electron chi connectivity index (χ2n) is 7.75.